The average molecular weight is 259 g/mol. The molecule has 0 unspecified atom stereocenters. The Morgan fingerprint density at radius 1 is 1.29 bits per heavy atom. The van der Waals surface area contributed by atoms with Crippen LogP contribution >= 0.6 is 15.9 Å². The van der Waals surface area contributed by atoms with Gasteiger partial charge >= 0.3 is 0 Å². The summed E-state index contributed by atoms with van der Waals surface area (Å²) in [6.45, 7) is 0. The van der Waals surface area contributed by atoms with Crippen LogP contribution in [0.3, 0.4) is 0 Å². The molecule has 2 nitrogen and oxygen atoms in total. The van der Waals surface area contributed by atoms with Crippen molar-refractivity contribution in [3.8, 4) is 11.3 Å². The Morgan fingerprint density at radius 2 is 2.07 bits per heavy atom. The van der Waals surface area contributed by atoms with Crippen molar-refractivity contribution >= 4 is 15.9 Å². The number of hydrogen-bond acceptors (Lipinski definition) is 1. The van der Waals surface area contributed by atoms with E-state index in [1.54, 1.807) is 0 Å². The van der Waals surface area contributed by atoms with Crippen LogP contribution in [-0.2, 0) is 0 Å². The number of imidazole rings is 1. The Morgan fingerprint density at radius 3 is 2.71 bits per heavy atom. The second-order valence-electron chi connectivity index (χ2n) is 2.69. The van der Waals surface area contributed by atoms with E-state index in [4.69, 9.17) is 0 Å². The minimum Gasteiger partial charge on any atom is -0.339 e. The summed E-state index contributed by atoms with van der Waals surface area (Å²) in [7, 11) is 0. The number of nitrogens with zero attached hydrogens (tertiary/aromatic N) is 1. The van der Waals surface area contributed by atoms with E-state index in [-0.39, 0.29) is 5.56 Å². The minimum atomic E-state index is -0.501. The number of nitrogens with one attached hydrogen (secondary N) is 1. The van der Waals surface area contributed by atoms with Gasteiger partial charge in [0.15, 0.2) is 0 Å². The molecule has 5 heteroatoms. The van der Waals surface area contributed by atoms with E-state index in [1.807, 2.05) is 0 Å². The Bertz CT molecular complexity index is 468. The summed E-state index contributed by atoms with van der Waals surface area (Å²) in [5.41, 5.74) is 0.500. The molecular weight excluding hydrogens is 254 g/mol. The molecule has 0 saturated carbocycles. The van der Waals surface area contributed by atoms with E-state index in [9.17, 15) is 8.78 Å². The van der Waals surface area contributed by atoms with Gasteiger partial charge in [-0.2, -0.15) is 0 Å². The number of halogens is 3. The lowest BCUT2D eigenvalue weighted by molar-refractivity contribution is 0.602. The molecule has 0 atom stereocenters. The zero-order chi connectivity index (χ0) is 10.1. The monoisotopic (exact) mass is 258 g/mol. The normalized spacial score (nSPS) is 10.5. The molecule has 72 valence electrons. The fraction of sp³-hybridized carbons (Fsp3) is 0. The van der Waals surface area contributed by atoms with E-state index >= 15 is 0 Å². The van der Waals surface area contributed by atoms with E-state index < -0.39 is 11.6 Å². The molecule has 0 saturated heterocycles. The highest BCUT2D eigenvalue weighted by Gasteiger charge is 2.11. The second-order valence-corrected chi connectivity index (χ2v) is 3.48. The first kappa shape index (κ1) is 9.33. The zero-order valence-corrected chi connectivity index (χ0v) is 8.48. The van der Waals surface area contributed by atoms with Crippen molar-refractivity contribution < 1.29 is 8.78 Å². The van der Waals surface area contributed by atoms with Crippen LogP contribution in [0.15, 0.2) is 29.1 Å². The fourth-order valence-electron chi connectivity index (χ4n) is 1.15. The van der Waals surface area contributed by atoms with Gasteiger partial charge in [-0.1, -0.05) is 0 Å². The van der Waals surface area contributed by atoms with Gasteiger partial charge in [0.2, 0.25) is 0 Å². The third-order valence-corrected chi connectivity index (χ3v) is 2.38. The molecule has 1 N–H and O–H groups in total. The molecule has 0 aliphatic heterocycles. The molecule has 0 fully saturated rings. The number of rotatable bonds is 1. The Hall–Kier alpha value is -1.23. The summed E-state index contributed by atoms with van der Waals surface area (Å²) in [4.78, 5) is 6.61. The second kappa shape index (κ2) is 3.49. The summed E-state index contributed by atoms with van der Waals surface area (Å²) in [5.74, 6) is -0.990. The van der Waals surface area contributed by atoms with Crippen LogP contribution < -0.4 is 0 Å². The number of hydrogen-bond donors (Lipinski definition) is 1. The highest BCUT2D eigenvalue weighted by molar-refractivity contribution is 9.10. The Kier molecular flexibility index (Phi) is 2.33. The molecule has 14 heavy (non-hydrogen) atoms. The largest absolute Gasteiger partial charge is 0.339 e. The van der Waals surface area contributed by atoms with E-state index in [2.05, 4.69) is 25.9 Å². The van der Waals surface area contributed by atoms with Crippen molar-refractivity contribution in [1.29, 1.82) is 0 Å². The molecule has 1 aromatic heterocycles. The standard InChI is InChI=1S/C9H5BrF2N2/c10-9-8(13-4-14-9)6-3-5(11)1-2-7(6)12/h1-4H,(H,13,14). The molecule has 1 heterocycles. The Balaban J connectivity index is 2.62. The molecular formula is C9H5BrF2N2. The molecule has 0 aliphatic rings. The average Bonchev–Trinajstić information content (AvgIpc) is 2.56. The molecule has 0 spiro atoms. The summed E-state index contributed by atoms with van der Waals surface area (Å²) in [5, 5.41) is 0. The van der Waals surface area contributed by atoms with E-state index in [0.29, 0.717) is 10.3 Å². The lowest BCUT2D eigenvalue weighted by Gasteiger charge is -1.99. The number of aromatic amines is 1. The molecule has 0 bridgehead atoms. The van der Waals surface area contributed by atoms with Crippen LogP contribution in [0.25, 0.3) is 11.3 Å². The first-order chi connectivity index (χ1) is 6.68. The van der Waals surface area contributed by atoms with Crippen LogP contribution in [-0.4, -0.2) is 9.97 Å². The summed E-state index contributed by atoms with van der Waals surface area (Å²) in [6, 6.07) is 3.25. The molecule has 0 amide bonds. The molecule has 1 aromatic carbocycles. The highest BCUT2D eigenvalue weighted by atomic mass is 79.9. The van der Waals surface area contributed by atoms with Crippen LogP contribution in [0.5, 0.6) is 0 Å². The van der Waals surface area contributed by atoms with Gasteiger partial charge in [-0.3, -0.25) is 0 Å². The zero-order valence-electron chi connectivity index (χ0n) is 6.89. The predicted octanol–water partition coefficient (Wildman–Crippen LogP) is 3.12. The van der Waals surface area contributed by atoms with Gasteiger partial charge in [0, 0.05) is 5.56 Å². The van der Waals surface area contributed by atoms with Crippen LogP contribution in [0.1, 0.15) is 0 Å². The SMILES string of the molecule is Fc1ccc(F)c(-c2nc[nH]c2Br)c1. The van der Waals surface area contributed by atoms with Crippen molar-refractivity contribution in [3.63, 3.8) is 0 Å². The van der Waals surface area contributed by atoms with E-state index in [1.165, 1.54) is 6.33 Å². The smallest absolute Gasteiger partial charge is 0.132 e. The predicted molar refractivity (Wildman–Crippen MR) is 51.6 cm³/mol. The third kappa shape index (κ3) is 1.55. The maximum absolute atomic E-state index is 13.3. The summed E-state index contributed by atoms with van der Waals surface area (Å²) in [6.07, 6.45) is 1.41. The van der Waals surface area contributed by atoms with Gasteiger partial charge in [-0.25, -0.2) is 13.8 Å². The third-order valence-electron chi connectivity index (χ3n) is 1.78. The lowest BCUT2D eigenvalue weighted by Crippen LogP contribution is -1.87. The molecule has 2 aromatic rings. The van der Waals surface area contributed by atoms with Crippen LogP contribution in [0.2, 0.25) is 0 Å². The fourth-order valence-corrected chi connectivity index (χ4v) is 1.56. The summed E-state index contributed by atoms with van der Waals surface area (Å²) < 4.78 is 26.7. The van der Waals surface area contributed by atoms with Gasteiger partial charge < -0.3 is 4.98 Å². The van der Waals surface area contributed by atoms with Crippen LogP contribution in [0, 0.1) is 11.6 Å². The van der Waals surface area contributed by atoms with Gasteiger partial charge in [-0.05, 0) is 34.1 Å². The highest BCUT2D eigenvalue weighted by Crippen LogP contribution is 2.27. The van der Waals surface area contributed by atoms with Crippen molar-refractivity contribution in [3.05, 3.63) is 40.8 Å². The number of benzene rings is 1. The van der Waals surface area contributed by atoms with Crippen molar-refractivity contribution in [2.75, 3.05) is 0 Å². The van der Waals surface area contributed by atoms with Gasteiger partial charge in [0.05, 0.1) is 6.33 Å². The van der Waals surface area contributed by atoms with Crippen molar-refractivity contribution in [1.82, 2.24) is 9.97 Å². The number of H-pyrrole nitrogens is 1. The number of aromatic nitrogens is 2. The maximum Gasteiger partial charge on any atom is 0.132 e. The van der Waals surface area contributed by atoms with Gasteiger partial charge in [0.25, 0.3) is 0 Å². The van der Waals surface area contributed by atoms with Crippen LogP contribution in [0.4, 0.5) is 8.78 Å². The Labute approximate surface area is 87.1 Å². The quantitative estimate of drug-likeness (QED) is 0.837. The van der Waals surface area contributed by atoms with Crippen molar-refractivity contribution in [2.45, 2.75) is 0 Å². The van der Waals surface area contributed by atoms with Crippen molar-refractivity contribution in [2.24, 2.45) is 0 Å². The first-order valence-corrected chi connectivity index (χ1v) is 4.62. The lowest BCUT2D eigenvalue weighted by atomic mass is 10.1. The maximum atomic E-state index is 13.3. The van der Waals surface area contributed by atoms with E-state index in [0.717, 1.165) is 18.2 Å². The molecule has 0 aliphatic carbocycles. The minimum absolute atomic E-state index is 0.137. The van der Waals surface area contributed by atoms with Gasteiger partial charge in [0.1, 0.15) is 21.9 Å². The summed E-state index contributed by atoms with van der Waals surface area (Å²) >= 11 is 3.15. The topological polar surface area (TPSA) is 28.7 Å². The molecule has 0 radical (unpaired) electrons. The van der Waals surface area contributed by atoms with Gasteiger partial charge in [-0.15, -0.1) is 0 Å². The molecule has 2 rings (SSSR count). The first-order valence-electron chi connectivity index (χ1n) is 3.83.